The number of thiophene rings is 1. The van der Waals surface area contributed by atoms with Crippen LogP contribution in [0, 0.1) is 11.7 Å². The van der Waals surface area contributed by atoms with E-state index in [0.717, 1.165) is 16.9 Å². The van der Waals surface area contributed by atoms with Gasteiger partial charge in [-0.2, -0.15) is 0 Å². The van der Waals surface area contributed by atoms with Gasteiger partial charge in [-0.05, 0) is 66.1 Å². The molecule has 166 valence electrons. The van der Waals surface area contributed by atoms with Crippen LogP contribution in [0.1, 0.15) is 52.2 Å². The highest BCUT2D eigenvalue weighted by Gasteiger charge is 2.29. The fourth-order valence-corrected chi connectivity index (χ4v) is 4.90. The zero-order valence-electron chi connectivity index (χ0n) is 18.1. The molecule has 0 bridgehead atoms. The van der Waals surface area contributed by atoms with Crippen LogP contribution in [0.3, 0.4) is 0 Å². The number of hydrogen-bond acceptors (Lipinski definition) is 3. The van der Waals surface area contributed by atoms with E-state index < -0.39 is 0 Å². The number of aryl methyl sites for hydroxylation is 1. The zero-order chi connectivity index (χ0) is 22.5. The molecule has 1 saturated heterocycles. The van der Waals surface area contributed by atoms with Crippen molar-refractivity contribution < 1.29 is 14.0 Å². The van der Waals surface area contributed by atoms with E-state index >= 15 is 0 Å². The highest BCUT2D eigenvalue weighted by atomic mass is 32.1. The number of nitrogens with zero attached hydrogens (tertiary/aromatic N) is 1. The van der Waals surface area contributed by atoms with Crippen molar-refractivity contribution in [1.82, 2.24) is 10.2 Å². The van der Waals surface area contributed by atoms with E-state index in [4.69, 9.17) is 0 Å². The van der Waals surface area contributed by atoms with Crippen molar-refractivity contribution in [3.05, 3.63) is 93.4 Å². The number of amides is 2. The highest BCUT2D eigenvalue weighted by molar-refractivity contribution is 7.10. The van der Waals surface area contributed by atoms with Crippen LogP contribution in [0.4, 0.5) is 4.39 Å². The van der Waals surface area contributed by atoms with Crippen LogP contribution in [0.2, 0.25) is 0 Å². The molecule has 4 nitrogen and oxygen atoms in total. The number of piperidine rings is 1. The van der Waals surface area contributed by atoms with E-state index in [1.165, 1.54) is 29.8 Å². The second kappa shape index (κ2) is 10.1. The summed E-state index contributed by atoms with van der Waals surface area (Å²) in [6.07, 6.45) is 2.21. The Hall–Kier alpha value is -2.99. The predicted octanol–water partition coefficient (Wildman–Crippen LogP) is 5.21. The monoisotopic (exact) mass is 450 g/mol. The number of rotatable bonds is 6. The van der Waals surface area contributed by atoms with Crippen LogP contribution in [0.15, 0.2) is 66.0 Å². The molecular weight excluding hydrogens is 423 g/mol. The van der Waals surface area contributed by atoms with Gasteiger partial charge in [-0.1, -0.05) is 37.3 Å². The van der Waals surface area contributed by atoms with Crippen LogP contribution >= 0.6 is 11.3 Å². The molecule has 1 aliphatic rings. The average molecular weight is 451 g/mol. The number of carbonyl (C=O) groups is 2. The molecule has 1 fully saturated rings. The lowest BCUT2D eigenvalue weighted by Crippen LogP contribution is -2.43. The number of likely N-dealkylation sites (tertiary alicyclic amines) is 1. The maximum absolute atomic E-state index is 13.1. The molecule has 2 amide bonds. The minimum Gasteiger partial charge on any atom is -0.344 e. The molecule has 3 aromatic rings. The van der Waals surface area contributed by atoms with Crippen LogP contribution in [-0.2, 0) is 11.2 Å². The molecule has 0 saturated carbocycles. The van der Waals surface area contributed by atoms with Gasteiger partial charge in [-0.15, -0.1) is 11.3 Å². The summed E-state index contributed by atoms with van der Waals surface area (Å²) in [5.41, 5.74) is 2.81. The van der Waals surface area contributed by atoms with E-state index in [1.54, 1.807) is 16.2 Å². The van der Waals surface area contributed by atoms with Gasteiger partial charge in [-0.25, -0.2) is 4.39 Å². The van der Waals surface area contributed by atoms with Gasteiger partial charge in [-0.3, -0.25) is 9.59 Å². The number of carbonyl (C=O) groups excluding carboxylic acids is 2. The molecule has 1 unspecified atom stereocenters. The summed E-state index contributed by atoms with van der Waals surface area (Å²) >= 11 is 1.63. The first-order valence-corrected chi connectivity index (χ1v) is 11.9. The first-order chi connectivity index (χ1) is 15.5. The molecule has 0 aliphatic carbocycles. The predicted molar refractivity (Wildman–Crippen MR) is 125 cm³/mol. The maximum atomic E-state index is 13.1. The fraction of sp³-hybridized carbons (Fsp3) is 0.308. The molecule has 1 atom stereocenters. The van der Waals surface area contributed by atoms with Gasteiger partial charge in [0.1, 0.15) is 5.82 Å². The first-order valence-electron chi connectivity index (χ1n) is 11.0. The van der Waals surface area contributed by atoms with E-state index in [-0.39, 0.29) is 29.6 Å². The van der Waals surface area contributed by atoms with Gasteiger partial charge < -0.3 is 10.2 Å². The highest BCUT2D eigenvalue weighted by Crippen LogP contribution is 2.28. The molecule has 0 radical (unpaired) electrons. The Morgan fingerprint density at radius 2 is 1.75 bits per heavy atom. The Morgan fingerprint density at radius 3 is 2.34 bits per heavy atom. The molecule has 1 aliphatic heterocycles. The second-order valence-corrected chi connectivity index (χ2v) is 9.10. The zero-order valence-corrected chi connectivity index (χ0v) is 18.9. The van der Waals surface area contributed by atoms with E-state index in [1.807, 2.05) is 17.5 Å². The van der Waals surface area contributed by atoms with Crippen molar-refractivity contribution in [2.75, 3.05) is 13.1 Å². The summed E-state index contributed by atoms with van der Waals surface area (Å²) in [4.78, 5) is 28.6. The van der Waals surface area contributed by atoms with E-state index in [0.29, 0.717) is 31.5 Å². The van der Waals surface area contributed by atoms with Crippen molar-refractivity contribution in [3.63, 3.8) is 0 Å². The number of hydrogen-bond donors (Lipinski definition) is 1. The molecule has 2 heterocycles. The van der Waals surface area contributed by atoms with Gasteiger partial charge in [0.25, 0.3) is 5.91 Å². The normalized spacial score (nSPS) is 15.4. The van der Waals surface area contributed by atoms with Crippen molar-refractivity contribution in [3.8, 4) is 0 Å². The lowest BCUT2D eigenvalue weighted by atomic mass is 9.94. The maximum Gasteiger partial charge on any atom is 0.253 e. The minimum atomic E-state index is -0.360. The summed E-state index contributed by atoms with van der Waals surface area (Å²) < 4.78 is 13.1. The molecule has 2 aromatic carbocycles. The topological polar surface area (TPSA) is 49.4 Å². The second-order valence-electron chi connectivity index (χ2n) is 8.13. The Labute approximate surface area is 192 Å². The van der Waals surface area contributed by atoms with Gasteiger partial charge in [0.05, 0.1) is 6.04 Å². The van der Waals surface area contributed by atoms with Gasteiger partial charge >= 0.3 is 0 Å². The van der Waals surface area contributed by atoms with Crippen molar-refractivity contribution in [1.29, 1.82) is 0 Å². The molecule has 1 N–H and O–H groups in total. The Kier molecular flexibility index (Phi) is 7.00. The largest absolute Gasteiger partial charge is 0.344 e. The molecule has 1 aromatic heterocycles. The first kappa shape index (κ1) is 22.2. The lowest BCUT2D eigenvalue weighted by Gasteiger charge is -2.32. The van der Waals surface area contributed by atoms with Crippen molar-refractivity contribution >= 4 is 23.2 Å². The summed E-state index contributed by atoms with van der Waals surface area (Å²) in [5, 5.41) is 5.27. The van der Waals surface area contributed by atoms with E-state index in [2.05, 4.69) is 36.5 Å². The quantitative estimate of drug-likeness (QED) is 0.561. The minimum absolute atomic E-state index is 0.0249. The third-order valence-electron chi connectivity index (χ3n) is 6.08. The van der Waals surface area contributed by atoms with Crippen molar-refractivity contribution in [2.24, 2.45) is 5.92 Å². The lowest BCUT2D eigenvalue weighted by molar-refractivity contribution is -0.126. The number of nitrogens with one attached hydrogen (secondary N) is 1. The third-order valence-corrected chi connectivity index (χ3v) is 7.02. The number of halogens is 1. The van der Waals surface area contributed by atoms with Gasteiger partial charge in [0.15, 0.2) is 0 Å². The van der Waals surface area contributed by atoms with Crippen LogP contribution in [0.25, 0.3) is 0 Å². The molecule has 0 spiro atoms. The molecule has 32 heavy (non-hydrogen) atoms. The fourth-order valence-electron chi connectivity index (χ4n) is 4.10. The van der Waals surface area contributed by atoms with Gasteiger partial charge in [0, 0.05) is 29.4 Å². The van der Waals surface area contributed by atoms with Crippen LogP contribution in [-0.4, -0.2) is 29.8 Å². The Morgan fingerprint density at radius 1 is 1.06 bits per heavy atom. The smallest absolute Gasteiger partial charge is 0.253 e. The summed E-state index contributed by atoms with van der Waals surface area (Å²) in [7, 11) is 0. The molecular formula is C26H27FN2O2S. The average Bonchev–Trinajstić information content (AvgIpc) is 3.37. The van der Waals surface area contributed by atoms with Crippen LogP contribution in [0.5, 0.6) is 0 Å². The molecule has 4 rings (SSSR count). The van der Waals surface area contributed by atoms with Crippen molar-refractivity contribution in [2.45, 2.75) is 32.2 Å². The third kappa shape index (κ3) is 5.07. The number of benzene rings is 2. The summed E-state index contributed by atoms with van der Waals surface area (Å²) in [6.45, 7) is 3.16. The Bertz CT molecular complexity index is 1040. The Balaban J connectivity index is 1.40. The summed E-state index contributed by atoms with van der Waals surface area (Å²) in [5.74, 6) is -0.584. The summed E-state index contributed by atoms with van der Waals surface area (Å²) in [6, 6.07) is 17.9. The standard InChI is InChI=1S/C26H27FN2O2S/c1-2-18-5-7-19(8-6-18)24(23-4-3-17-32-23)28-25(30)20-13-15-29(16-14-20)26(31)21-9-11-22(27)12-10-21/h3-12,17,20,24H,2,13-16H2,1H3,(H,28,30). The van der Waals surface area contributed by atoms with Crippen LogP contribution < -0.4 is 5.32 Å². The van der Waals surface area contributed by atoms with E-state index in [9.17, 15) is 14.0 Å². The molecule has 6 heteroatoms. The van der Waals surface area contributed by atoms with Gasteiger partial charge in [0.2, 0.25) is 5.91 Å². The SMILES string of the molecule is CCc1ccc(C(NC(=O)C2CCN(C(=O)c3ccc(F)cc3)CC2)c2cccs2)cc1.